The second-order valence-corrected chi connectivity index (χ2v) is 3.88. The summed E-state index contributed by atoms with van der Waals surface area (Å²) >= 11 is 0. The van der Waals surface area contributed by atoms with Crippen LogP contribution in [0.2, 0.25) is 0 Å². The van der Waals surface area contributed by atoms with Crippen LogP contribution >= 0.6 is 0 Å². The van der Waals surface area contributed by atoms with Crippen molar-refractivity contribution < 1.29 is 0 Å². The number of aryl methyl sites for hydroxylation is 1. The molecule has 80 valence electrons. The summed E-state index contributed by atoms with van der Waals surface area (Å²) in [5, 5.41) is 8.09. The lowest BCUT2D eigenvalue weighted by molar-refractivity contribution is 0.969. The molecule has 4 heteroatoms. The second kappa shape index (κ2) is 3.13. The van der Waals surface area contributed by atoms with E-state index in [4.69, 9.17) is 5.73 Å². The average molecular weight is 212 g/mol. The molecule has 0 aliphatic carbocycles. The number of nitrogens with two attached hydrogens (primary N) is 1. The van der Waals surface area contributed by atoms with Crippen molar-refractivity contribution in [3.63, 3.8) is 0 Å². The number of anilines is 1. The third kappa shape index (κ3) is 1.20. The van der Waals surface area contributed by atoms with E-state index in [1.165, 1.54) is 10.9 Å². The third-order valence-corrected chi connectivity index (χ3v) is 2.78. The molecule has 0 spiro atoms. The number of para-hydroxylation sites is 1. The van der Waals surface area contributed by atoms with E-state index < -0.39 is 0 Å². The Morgan fingerprint density at radius 3 is 2.88 bits per heavy atom. The summed E-state index contributed by atoms with van der Waals surface area (Å²) in [5.74, 6) is 0.517. The van der Waals surface area contributed by atoms with Gasteiger partial charge in [0.15, 0.2) is 0 Å². The fraction of sp³-hybridized carbons (Fsp3) is 0.0833. The van der Waals surface area contributed by atoms with Crippen molar-refractivity contribution in [1.82, 2.24) is 14.8 Å². The Morgan fingerprint density at radius 1 is 1.31 bits per heavy atom. The van der Waals surface area contributed by atoms with Gasteiger partial charge in [0.1, 0.15) is 5.82 Å². The van der Waals surface area contributed by atoms with E-state index in [-0.39, 0.29) is 0 Å². The number of nitrogens with one attached hydrogen (secondary N) is 1. The Bertz CT molecular complexity index is 648. The molecule has 0 unspecified atom stereocenters. The first-order chi connectivity index (χ1) is 7.75. The molecule has 0 bridgehead atoms. The van der Waals surface area contributed by atoms with Crippen LogP contribution in [-0.4, -0.2) is 14.8 Å². The fourth-order valence-corrected chi connectivity index (χ4v) is 2.03. The molecule has 0 saturated carbocycles. The highest BCUT2D eigenvalue weighted by Crippen LogP contribution is 2.29. The summed E-state index contributed by atoms with van der Waals surface area (Å²) in [6, 6.07) is 10.1. The van der Waals surface area contributed by atoms with Crippen molar-refractivity contribution >= 4 is 16.7 Å². The first-order valence-electron chi connectivity index (χ1n) is 5.11. The maximum absolute atomic E-state index is 5.62. The Labute approximate surface area is 92.7 Å². The molecule has 16 heavy (non-hydrogen) atoms. The normalized spacial score (nSPS) is 11.1. The van der Waals surface area contributed by atoms with Crippen LogP contribution in [0, 0.1) is 0 Å². The molecule has 0 aliphatic rings. The van der Waals surface area contributed by atoms with Crippen molar-refractivity contribution in [3.05, 3.63) is 36.5 Å². The van der Waals surface area contributed by atoms with Gasteiger partial charge in [0.2, 0.25) is 0 Å². The molecular weight excluding hydrogens is 200 g/mol. The van der Waals surface area contributed by atoms with Crippen LogP contribution in [0.3, 0.4) is 0 Å². The highest BCUT2D eigenvalue weighted by atomic mass is 15.2. The van der Waals surface area contributed by atoms with E-state index in [9.17, 15) is 0 Å². The number of aromatic nitrogens is 3. The number of hydrogen-bond donors (Lipinski definition) is 2. The van der Waals surface area contributed by atoms with Crippen LogP contribution in [-0.2, 0) is 7.05 Å². The minimum Gasteiger partial charge on any atom is -0.382 e. The predicted octanol–water partition coefficient (Wildman–Crippen LogP) is 2.15. The quantitative estimate of drug-likeness (QED) is 0.649. The van der Waals surface area contributed by atoms with Gasteiger partial charge in [-0.2, -0.15) is 5.10 Å². The zero-order valence-electron chi connectivity index (χ0n) is 8.94. The fourth-order valence-electron chi connectivity index (χ4n) is 2.03. The minimum atomic E-state index is 0.517. The van der Waals surface area contributed by atoms with Gasteiger partial charge in [0.25, 0.3) is 0 Å². The van der Waals surface area contributed by atoms with Crippen molar-refractivity contribution in [3.8, 4) is 11.3 Å². The average Bonchev–Trinajstić information content (AvgIpc) is 2.84. The van der Waals surface area contributed by atoms with Crippen molar-refractivity contribution in [2.75, 3.05) is 5.73 Å². The third-order valence-electron chi connectivity index (χ3n) is 2.78. The van der Waals surface area contributed by atoms with E-state index in [0.717, 1.165) is 11.3 Å². The molecule has 0 radical (unpaired) electrons. The number of hydrogen-bond acceptors (Lipinski definition) is 2. The largest absolute Gasteiger partial charge is 0.382 e. The maximum atomic E-state index is 5.62. The Hall–Kier alpha value is -2.23. The molecule has 2 aromatic heterocycles. The van der Waals surface area contributed by atoms with E-state index in [2.05, 4.69) is 33.1 Å². The van der Waals surface area contributed by atoms with E-state index in [0.29, 0.717) is 5.82 Å². The number of H-pyrrole nitrogens is 1. The van der Waals surface area contributed by atoms with Gasteiger partial charge in [0, 0.05) is 35.8 Å². The Balaban J connectivity index is 2.32. The first kappa shape index (κ1) is 9.03. The Morgan fingerprint density at radius 2 is 2.12 bits per heavy atom. The van der Waals surface area contributed by atoms with Gasteiger partial charge in [0.05, 0.1) is 5.69 Å². The van der Waals surface area contributed by atoms with Gasteiger partial charge < -0.3 is 10.3 Å². The molecule has 3 aromatic rings. The molecule has 0 fully saturated rings. The number of fused-ring (bicyclic) bond motifs is 1. The van der Waals surface area contributed by atoms with Crippen molar-refractivity contribution in [2.24, 2.45) is 7.05 Å². The van der Waals surface area contributed by atoms with Gasteiger partial charge in [-0.3, -0.25) is 5.10 Å². The van der Waals surface area contributed by atoms with Crippen LogP contribution in [0.15, 0.2) is 36.5 Å². The zero-order valence-corrected chi connectivity index (χ0v) is 8.94. The van der Waals surface area contributed by atoms with Crippen LogP contribution in [0.25, 0.3) is 22.2 Å². The Kier molecular flexibility index (Phi) is 1.77. The standard InChI is InChI=1S/C12H12N4/c1-16-7-9(10-6-12(13)15-14-10)8-4-2-3-5-11(8)16/h2-7H,1H3,(H3,13,14,15). The summed E-state index contributed by atoms with van der Waals surface area (Å²) in [4.78, 5) is 0. The topological polar surface area (TPSA) is 59.6 Å². The van der Waals surface area contributed by atoms with Gasteiger partial charge in [-0.15, -0.1) is 0 Å². The van der Waals surface area contributed by atoms with Crippen LogP contribution < -0.4 is 5.73 Å². The summed E-state index contributed by atoms with van der Waals surface area (Å²) in [5.41, 5.74) is 8.90. The monoisotopic (exact) mass is 212 g/mol. The molecular formula is C12H12N4. The SMILES string of the molecule is Cn1cc(-c2cc(N)n[nH]2)c2ccccc21. The van der Waals surface area contributed by atoms with E-state index in [1.807, 2.05) is 25.2 Å². The van der Waals surface area contributed by atoms with Gasteiger partial charge in [-0.25, -0.2) is 0 Å². The summed E-state index contributed by atoms with van der Waals surface area (Å²) in [6.07, 6.45) is 2.08. The van der Waals surface area contributed by atoms with Gasteiger partial charge >= 0.3 is 0 Å². The number of rotatable bonds is 1. The van der Waals surface area contributed by atoms with Crippen LogP contribution in [0.1, 0.15) is 0 Å². The lowest BCUT2D eigenvalue weighted by Crippen LogP contribution is -1.81. The lowest BCUT2D eigenvalue weighted by atomic mass is 10.1. The zero-order chi connectivity index (χ0) is 11.1. The maximum Gasteiger partial charge on any atom is 0.145 e. The first-order valence-corrected chi connectivity index (χ1v) is 5.11. The predicted molar refractivity (Wildman–Crippen MR) is 64.9 cm³/mol. The van der Waals surface area contributed by atoms with Gasteiger partial charge in [-0.05, 0) is 6.07 Å². The highest BCUT2D eigenvalue weighted by Gasteiger charge is 2.09. The summed E-state index contributed by atoms with van der Waals surface area (Å²) < 4.78 is 2.10. The molecule has 3 N–H and O–H groups in total. The molecule has 2 heterocycles. The van der Waals surface area contributed by atoms with Gasteiger partial charge in [-0.1, -0.05) is 18.2 Å². The smallest absolute Gasteiger partial charge is 0.145 e. The molecule has 0 aliphatic heterocycles. The van der Waals surface area contributed by atoms with Crippen LogP contribution in [0.4, 0.5) is 5.82 Å². The van der Waals surface area contributed by atoms with Crippen molar-refractivity contribution in [1.29, 1.82) is 0 Å². The van der Waals surface area contributed by atoms with E-state index in [1.54, 1.807) is 0 Å². The number of aromatic amines is 1. The van der Waals surface area contributed by atoms with Crippen molar-refractivity contribution in [2.45, 2.75) is 0 Å². The minimum absolute atomic E-state index is 0.517. The summed E-state index contributed by atoms with van der Waals surface area (Å²) in [6.45, 7) is 0. The molecule has 4 nitrogen and oxygen atoms in total. The molecule has 3 rings (SSSR count). The number of nitrogen functional groups attached to an aromatic ring is 1. The number of benzene rings is 1. The number of nitrogens with zero attached hydrogens (tertiary/aromatic N) is 2. The molecule has 1 aromatic carbocycles. The molecule has 0 amide bonds. The van der Waals surface area contributed by atoms with E-state index >= 15 is 0 Å². The molecule has 0 atom stereocenters. The second-order valence-electron chi connectivity index (χ2n) is 3.88. The lowest BCUT2D eigenvalue weighted by Gasteiger charge is -1.94. The summed E-state index contributed by atoms with van der Waals surface area (Å²) in [7, 11) is 2.03. The van der Waals surface area contributed by atoms with Crippen LogP contribution in [0.5, 0.6) is 0 Å². The highest BCUT2D eigenvalue weighted by molar-refractivity contribution is 5.95. The molecule has 0 saturated heterocycles.